The molecule has 0 unspecified atom stereocenters. The average Bonchev–Trinajstić information content (AvgIpc) is 2.44. The van der Waals surface area contributed by atoms with Crippen LogP contribution < -0.4 is 5.32 Å². The molecule has 0 saturated carbocycles. The Kier molecular flexibility index (Phi) is 5.07. The molecular weight excluding hydrogens is 260 g/mol. The SMILES string of the molecule is CCC(CC)(CC)Nc1cc([N+](=O)[O-])ccc1C(=O)O. The van der Waals surface area contributed by atoms with E-state index < -0.39 is 10.9 Å². The molecule has 0 atom stereocenters. The third-order valence-corrected chi connectivity index (χ3v) is 3.87. The second-order valence-electron chi connectivity index (χ2n) is 4.76. The summed E-state index contributed by atoms with van der Waals surface area (Å²) in [5.74, 6) is -1.10. The Labute approximate surface area is 118 Å². The number of hydrogen-bond acceptors (Lipinski definition) is 4. The lowest BCUT2D eigenvalue weighted by Crippen LogP contribution is -2.36. The maximum Gasteiger partial charge on any atom is 0.337 e. The van der Waals surface area contributed by atoms with Gasteiger partial charge in [0.25, 0.3) is 5.69 Å². The molecule has 0 spiro atoms. The van der Waals surface area contributed by atoms with E-state index in [1.165, 1.54) is 18.2 Å². The number of hydrogen-bond donors (Lipinski definition) is 2. The summed E-state index contributed by atoms with van der Waals surface area (Å²) in [7, 11) is 0. The Morgan fingerprint density at radius 2 is 1.85 bits per heavy atom. The van der Waals surface area contributed by atoms with Crippen LogP contribution in [-0.4, -0.2) is 21.5 Å². The van der Waals surface area contributed by atoms with Gasteiger partial charge in [0.2, 0.25) is 0 Å². The number of nitrogens with one attached hydrogen (secondary N) is 1. The first kappa shape index (κ1) is 15.9. The van der Waals surface area contributed by atoms with Crippen LogP contribution in [0.15, 0.2) is 18.2 Å². The molecule has 0 aliphatic heterocycles. The number of nitrogens with zero attached hydrogens (tertiary/aromatic N) is 1. The van der Waals surface area contributed by atoms with Crippen LogP contribution in [0.4, 0.5) is 11.4 Å². The zero-order chi connectivity index (χ0) is 15.3. The molecule has 20 heavy (non-hydrogen) atoms. The Bertz CT molecular complexity index is 502. The summed E-state index contributed by atoms with van der Waals surface area (Å²) in [4.78, 5) is 21.6. The van der Waals surface area contributed by atoms with Crippen molar-refractivity contribution in [3.63, 3.8) is 0 Å². The van der Waals surface area contributed by atoms with Gasteiger partial charge in [-0.1, -0.05) is 20.8 Å². The van der Waals surface area contributed by atoms with Crippen molar-refractivity contribution >= 4 is 17.3 Å². The van der Waals surface area contributed by atoms with E-state index in [1.54, 1.807) is 0 Å². The van der Waals surface area contributed by atoms with Crippen molar-refractivity contribution in [1.82, 2.24) is 0 Å². The Morgan fingerprint density at radius 1 is 1.30 bits per heavy atom. The van der Waals surface area contributed by atoms with E-state index in [-0.39, 0.29) is 16.8 Å². The average molecular weight is 280 g/mol. The first-order chi connectivity index (χ1) is 9.39. The summed E-state index contributed by atoms with van der Waals surface area (Å²) in [5.41, 5.74) is -0.0123. The molecule has 0 saturated heterocycles. The van der Waals surface area contributed by atoms with E-state index in [9.17, 15) is 20.0 Å². The molecule has 0 radical (unpaired) electrons. The molecule has 6 nitrogen and oxygen atoms in total. The second-order valence-corrected chi connectivity index (χ2v) is 4.76. The molecule has 0 aromatic heterocycles. The molecule has 1 aromatic rings. The van der Waals surface area contributed by atoms with E-state index >= 15 is 0 Å². The van der Waals surface area contributed by atoms with Crippen LogP contribution in [0.3, 0.4) is 0 Å². The van der Waals surface area contributed by atoms with E-state index in [0.29, 0.717) is 5.69 Å². The molecule has 0 aliphatic carbocycles. The molecule has 2 N–H and O–H groups in total. The fourth-order valence-corrected chi connectivity index (χ4v) is 2.24. The van der Waals surface area contributed by atoms with E-state index in [0.717, 1.165) is 19.3 Å². The topological polar surface area (TPSA) is 92.5 Å². The quantitative estimate of drug-likeness (QED) is 0.587. The van der Waals surface area contributed by atoms with Gasteiger partial charge in [-0.05, 0) is 25.3 Å². The molecule has 0 aliphatic rings. The molecule has 1 rings (SSSR count). The first-order valence-corrected chi connectivity index (χ1v) is 6.69. The fraction of sp³-hybridized carbons (Fsp3) is 0.500. The normalized spacial score (nSPS) is 11.2. The highest BCUT2D eigenvalue weighted by Gasteiger charge is 2.26. The Balaban J connectivity index is 3.29. The van der Waals surface area contributed by atoms with Crippen molar-refractivity contribution in [3.05, 3.63) is 33.9 Å². The lowest BCUT2D eigenvalue weighted by atomic mass is 9.89. The van der Waals surface area contributed by atoms with Crippen molar-refractivity contribution in [2.24, 2.45) is 0 Å². The summed E-state index contributed by atoms with van der Waals surface area (Å²) in [6.07, 6.45) is 2.42. The monoisotopic (exact) mass is 280 g/mol. The van der Waals surface area contributed by atoms with Gasteiger partial charge in [0.05, 0.1) is 16.2 Å². The number of nitro groups is 1. The smallest absolute Gasteiger partial charge is 0.337 e. The third-order valence-electron chi connectivity index (χ3n) is 3.87. The highest BCUT2D eigenvalue weighted by molar-refractivity contribution is 5.95. The number of aromatic carboxylic acids is 1. The van der Waals surface area contributed by atoms with E-state index in [4.69, 9.17) is 0 Å². The van der Waals surface area contributed by atoms with Crippen molar-refractivity contribution in [3.8, 4) is 0 Å². The molecule has 0 bridgehead atoms. The van der Waals surface area contributed by atoms with E-state index in [2.05, 4.69) is 5.32 Å². The van der Waals surface area contributed by atoms with Crippen LogP contribution in [-0.2, 0) is 0 Å². The van der Waals surface area contributed by atoms with Gasteiger partial charge in [0.15, 0.2) is 0 Å². The largest absolute Gasteiger partial charge is 0.478 e. The van der Waals surface area contributed by atoms with Gasteiger partial charge in [-0.3, -0.25) is 10.1 Å². The van der Waals surface area contributed by atoms with Crippen LogP contribution in [0.2, 0.25) is 0 Å². The molecular formula is C14H20N2O4. The number of non-ortho nitro benzene ring substituents is 1. The van der Waals surface area contributed by atoms with Crippen molar-refractivity contribution in [1.29, 1.82) is 0 Å². The van der Waals surface area contributed by atoms with Crippen molar-refractivity contribution < 1.29 is 14.8 Å². The van der Waals surface area contributed by atoms with E-state index in [1.807, 2.05) is 20.8 Å². The molecule has 6 heteroatoms. The Morgan fingerprint density at radius 3 is 2.25 bits per heavy atom. The van der Waals surface area contributed by atoms with Gasteiger partial charge in [-0.2, -0.15) is 0 Å². The van der Waals surface area contributed by atoms with Gasteiger partial charge >= 0.3 is 5.97 Å². The number of rotatable bonds is 7. The number of anilines is 1. The minimum absolute atomic E-state index is 0.0512. The van der Waals surface area contributed by atoms with Gasteiger partial charge in [0, 0.05) is 17.7 Å². The molecule has 1 aromatic carbocycles. The lowest BCUT2D eigenvalue weighted by molar-refractivity contribution is -0.384. The molecule has 0 heterocycles. The van der Waals surface area contributed by atoms with Crippen LogP contribution in [0.5, 0.6) is 0 Å². The van der Waals surface area contributed by atoms with Gasteiger partial charge < -0.3 is 10.4 Å². The van der Waals surface area contributed by atoms with Crippen LogP contribution in [0, 0.1) is 10.1 Å². The number of carboxylic acid groups (broad SMARTS) is 1. The van der Waals surface area contributed by atoms with Crippen LogP contribution >= 0.6 is 0 Å². The standard InChI is InChI=1S/C14H20N2O4/c1-4-14(5-2,6-3)15-12-9-10(16(19)20)7-8-11(12)13(17)18/h7-9,15H,4-6H2,1-3H3,(H,17,18). The predicted octanol–water partition coefficient (Wildman–Crippen LogP) is 3.67. The van der Waals surface area contributed by atoms with Crippen molar-refractivity contribution in [2.75, 3.05) is 5.32 Å². The maximum atomic E-state index is 11.2. The molecule has 0 fully saturated rings. The highest BCUT2D eigenvalue weighted by Crippen LogP contribution is 2.30. The van der Waals surface area contributed by atoms with Gasteiger partial charge in [-0.15, -0.1) is 0 Å². The van der Waals surface area contributed by atoms with Gasteiger partial charge in [0.1, 0.15) is 0 Å². The second kappa shape index (κ2) is 6.36. The lowest BCUT2D eigenvalue weighted by Gasteiger charge is -2.33. The first-order valence-electron chi connectivity index (χ1n) is 6.69. The summed E-state index contributed by atoms with van der Waals surface area (Å²) in [6.45, 7) is 6.04. The summed E-state index contributed by atoms with van der Waals surface area (Å²) >= 11 is 0. The maximum absolute atomic E-state index is 11.2. The summed E-state index contributed by atoms with van der Waals surface area (Å²) in [6, 6.07) is 3.77. The third kappa shape index (κ3) is 3.26. The molecule has 0 amide bonds. The van der Waals surface area contributed by atoms with Gasteiger partial charge in [-0.25, -0.2) is 4.79 Å². The highest BCUT2D eigenvalue weighted by atomic mass is 16.6. The number of carboxylic acids is 1. The number of nitro benzene ring substituents is 1. The zero-order valence-corrected chi connectivity index (χ0v) is 12.0. The summed E-state index contributed by atoms with van der Waals surface area (Å²) in [5, 5.41) is 23.2. The Hall–Kier alpha value is -2.11. The van der Waals surface area contributed by atoms with Crippen molar-refractivity contribution in [2.45, 2.75) is 45.6 Å². The number of benzene rings is 1. The minimum Gasteiger partial charge on any atom is -0.478 e. The molecule has 110 valence electrons. The van der Waals surface area contributed by atoms with Crippen LogP contribution in [0.25, 0.3) is 0 Å². The van der Waals surface area contributed by atoms with Crippen LogP contribution in [0.1, 0.15) is 50.4 Å². The predicted molar refractivity (Wildman–Crippen MR) is 77.3 cm³/mol. The summed E-state index contributed by atoms with van der Waals surface area (Å²) < 4.78 is 0. The number of carbonyl (C=O) groups is 1. The fourth-order valence-electron chi connectivity index (χ4n) is 2.24. The minimum atomic E-state index is -1.10. The zero-order valence-electron chi connectivity index (χ0n) is 12.0.